The van der Waals surface area contributed by atoms with Gasteiger partial charge >= 0.3 is 6.09 Å². The van der Waals surface area contributed by atoms with Crippen molar-refractivity contribution in [2.45, 2.75) is 59.1 Å². The lowest BCUT2D eigenvalue weighted by Gasteiger charge is -2.41. The van der Waals surface area contributed by atoms with Gasteiger partial charge in [0.25, 0.3) is 0 Å². The number of carbonyl (C=O) groups is 1. The maximum Gasteiger partial charge on any atom is 0.428 e. The topological polar surface area (TPSA) is 75.8 Å². The van der Waals surface area contributed by atoms with E-state index in [4.69, 9.17) is 5.90 Å². The van der Waals surface area contributed by atoms with E-state index >= 15 is 0 Å². The van der Waals surface area contributed by atoms with Gasteiger partial charge in [0, 0.05) is 18.5 Å². The van der Waals surface area contributed by atoms with Crippen LogP contribution in [0.2, 0.25) is 0 Å². The predicted molar refractivity (Wildman–Crippen MR) is 74.2 cm³/mol. The van der Waals surface area contributed by atoms with Crippen LogP contribution >= 0.6 is 0 Å². The van der Waals surface area contributed by atoms with Gasteiger partial charge in [-0.3, -0.25) is 0 Å². The zero-order valence-corrected chi connectivity index (χ0v) is 12.5. The molecule has 5 heteroatoms. The first-order valence-corrected chi connectivity index (χ1v) is 7.22. The van der Waals surface area contributed by atoms with Crippen LogP contribution < -0.4 is 5.90 Å². The minimum Gasteiger partial charge on any atom is -0.393 e. The minimum absolute atomic E-state index is 0.113. The average molecular weight is 272 g/mol. The molecule has 0 spiro atoms. The minimum atomic E-state index is -0.480. The maximum atomic E-state index is 11.8. The first-order valence-electron chi connectivity index (χ1n) is 7.22. The van der Waals surface area contributed by atoms with Gasteiger partial charge in [-0.15, -0.1) is 0 Å². The Kier molecular flexibility index (Phi) is 6.07. The van der Waals surface area contributed by atoms with Crippen molar-refractivity contribution in [3.8, 4) is 0 Å². The number of aliphatic hydroxyl groups excluding tert-OH is 1. The van der Waals surface area contributed by atoms with Crippen LogP contribution in [0, 0.1) is 17.8 Å². The summed E-state index contributed by atoms with van der Waals surface area (Å²) in [6, 6.07) is 0.173. The lowest BCUT2D eigenvalue weighted by Crippen LogP contribution is -2.51. The highest BCUT2D eigenvalue weighted by Crippen LogP contribution is 2.30. The number of nitrogens with two attached hydrogens (primary N) is 1. The molecule has 0 aromatic carbocycles. The Morgan fingerprint density at radius 3 is 2.47 bits per heavy atom. The fourth-order valence-electron chi connectivity index (χ4n) is 2.96. The number of amides is 1. The molecule has 3 N–H and O–H groups in total. The highest BCUT2D eigenvalue weighted by molar-refractivity contribution is 5.67. The number of piperidine rings is 1. The molecular weight excluding hydrogens is 244 g/mol. The van der Waals surface area contributed by atoms with Crippen molar-refractivity contribution in [2.24, 2.45) is 23.7 Å². The summed E-state index contributed by atoms with van der Waals surface area (Å²) in [6.07, 6.45) is 1.94. The molecule has 0 bridgehead atoms. The summed E-state index contributed by atoms with van der Waals surface area (Å²) in [6.45, 7) is 8.81. The van der Waals surface area contributed by atoms with Gasteiger partial charge in [0.2, 0.25) is 0 Å². The van der Waals surface area contributed by atoms with E-state index in [1.807, 2.05) is 13.8 Å². The third-order valence-electron chi connectivity index (χ3n) is 3.99. The van der Waals surface area contributed by atoms with Crippen LogP contribution in [0.5, 0.6) is 0 Å². The summed E-state index contributed by atoms with van der Waals surface area (Å²) >= 11 is 0. The summed E-state index contributed by atoms with van der Waals surface area (Å²) in [5.74, 6) is 5.85. The number of aliphatic hydroxyl groups is 1. The van der Waals surface area contributed by atoms with Gasteiger partial charge < -0.3 is 14.8 Å². The van der Waals surface area contributed by atoms with E-state index in [0.717, 1.165) is 19.3 Å². The van der Waals surface area contributed by atoms with Gasteiger partial charge in [0.15, 0.2) is 0 Å². The van der Waals surface area contributed by atoms with Crippen molar-refractivity contribution >= 4 is 6.09 Å². The van der Waals surface area contributed by atoms with E-state index in [1.54, 1.807) is 4.90 Å². The summed E-state index contributed by atoms with van der Waals surface area (Å²) in [7, 11) is 0. The van der Waals surface area contributed by atoms with Crippen molar-refractivity contribution < 1.29 is 14.7 Å². The summed E-state index contributed by atoms with van der Waals surface area (Å²) in [4.78, 5) is 17.9. The number of hydrogen-bond acceptors (Lipinski definition) is 4. The van der Waals surface area contributed by atoms with Crippen LogP contribution in [-0.2, 0) is 4.84 Å². The smallest absolute Gasteiger partial charge is 0.393 e. The highest BCUT2D eigenvalue weighted by atomic mass is 16.7. The second-order valence-electron chi connectivity index (χ2n) is 6.39. The molecule has 5 nitrogen and oxygen atoms in total. The lowest BCUT2D eigenvalue weighted by molar-refractivity contribution is -0.00351. The van der Waals surface area contributed by atoms with E-state index < -0.39 is 6.09 Å². The Balaban J connectivity index is 2.73. The Hall–Kier alpha value is -0.810. The number of likely N-dealkylation sites (tertiary alicyclic amines) is 1. The molecule has 112 valence electrons. The number of rotatable bonds is 4. The summed E-state index contributed by atoms with van der Waals surface area (Å²) in [5, 5.41) is 10.2. The van der Waals surface area contributed by atoms with Crippen LogP contribution in [0.4, 0.5) is 4.79 Å². The maximum absolute atomic E-state index is 11.8. The fourth-order valence-corrected chi connectivity index (χ4v) is 2.96. The molecule has 0 saturated carbocycles. The highest BCUT2D eigenvalue weighted by Gasteiger charge is 2.36. The fraction of sp³-hybridized carbons (Fsp3) is 0.929. The normalized spacial score (nSPS) is 25.8. The number of hydrogen-bond donors (Lipinski definition) is 2. The molecule has 1 fully saturated rings. The zero-order chi connectivity index (χ0) is 14.6. The van der Waals surface area contributed by atoms with Gasteiger partial charge in [-0.25, -0.2) is 4.79 Å². The monoisotopic (exact) mass is 272 g/mol. The first kappa shape index (κ1) is 16.2. The molecule has 0 aromatic heterocycles. The van der Waals surface area contributed by atoms with E-state index in [1.165, 1.54) is 0 Å². The molecule has 1 aliphatic heterocycles. The number of carbonyl (C=O) groups excluding carboxylic acids is 1. The molecule has 3 atom stereocenters. The van der Waals surface area contributed by atoms with Crippen molar-refractivity contribution in [2.75, 3.05) is 6.54 Å². The van der Waals surface area contributed by atoms with Gasteiger partial charge in [-0.05, 0) is 31.1 Å². The Morgan fingerprint density at radius 2 is 2.00 bits per heavy atom. The molecular formula is C14H28N2O3. The van der Waals surface area contributed by atoms with Gasteiger partial charge in [-0.1, -0.05) is 27.7 Å². The molecule has 3 unspecified atom stereocenters. The van der Waals surface area contributed by atoms with Crippen molar-refractivity contribution in [3.63, 3.8) is 0 Å². The predicted octanol–water partition coefficient (Wildman–Crippen LogP) is 2.14. The first-order chi connectivity index (χ1) is 8.86. The van der Waals surface area contributed by atoms with Gasteiger partial charge in [0.05, 0.1) is 6.10 Å². The van der Waals surface area contributed by atoms with Crippen LogP contribution in [0.3, 0.4) is 0 Å². The van der Waals surface area contributed by atoms with Crippen LogP contribution in [0.15, 0.2) is 0 Å². The SMILES string of the molecule is CC(C)CC1CCC(C(O)C(C)C)CN1C(=O)ON. The quantitative estimate of drug-likeness (QED) is 0.769. The zero-order valence-electron chi connectivity index (χ0n) is 12.5. The standard InChI is InChI=1S/C14H28N2O3/c1-9(2)7-12-6-5-11(13(17)10(3)4)8-16(12)14(18)19-15/h9-13,17H,5-8,15H2,1-4H3. The third kappa shape index (κ3) is 4.35. The van der Waals surface area contributed by atoms with Crippen LogP contribution in [0.1, 0.15) is 47.0 Å². The van der Waals surface area contributed by atoms with Crippen molar-refractivity contribution in [1.82, 2.24) is 4.90 Å². The van der Waals surface area contributed by atoms with Crippen LogP contribution in [-0.4, -0.2) is 34.8 Å². The van der Waals surface area contributed by atoms with E-state index in [9.17, 15) is 9.90 Å². The molecule has 0 aliphatic carbocycles. The molecule has 0 radical (unpaired) electrons. The van der Waals surface area contributed by atoms with E-state index in [-0.39, 0.29) is 24.0 Å². The molecule has 1 heterocycles. The van der Waals surface area contributed by atoms with Gasteiger partial charge in [0.1, 0.15) is 0 Å². The molecule has 1 amide bonds. The third-order valence-corrected chi connectivity index (χ3v) is 3.99. The van der Waals surface area contributed by atoms with Gasteiger partial charge in [-0.2, -0.15) is 5.90 Å². The Morgan fingerprint density at radius 1 is 1.37 bits per heavy atom. The van der Waals surface area contributed by atoms with Crippen molar-refractivity contribution in [1.29, 1.82) is 0 Å². The lowest BCUT2D eigenvalue weighted by atomic mass is 9.82. The van der Waals surface area contributed by atoms with E-state index in [2.05, 4.69) is 18.7 Å². The Labute approximate surface area is 116 Å². The average Bonchev–Trinajstić information content (AvgIpc) is 2.36. The van der Waals surface area contributed by atoms with E-state index in [0.29, 0.717) is 12.5 Å². The van der Waals surface area contributed by atoms with Crippen molar-refractivity contribution in [3.05, 3.63) is 0 Å². The molecule has 1 rings (SSSR count). The summed E-state index contributed by atoms with van der Waals surface area (Å²) < 4.78 is 0. The Bertz CT molecular complexity index is 294. The molecule has 19 heavy (non-hydrogen) atoms. The largest absolute Gasteiger partial charge is 0.428 e. The molecule has 1 saturated heterocycles. The van der Waals surface area contributed by atoms with Crippen LogP contribution in [0.25, 0.3) is 0 Å². The molecule has 0 aromatic rings. The number of nitrogens with zero attached hydrogens (tertiary/aromatic N) is 1. The second-order valence-corrected chi connectivity index (χ2v) is 6.39. The second kappa shape index (κ2) is 7.10. The summed E-state index contributed by atoms with van der Waals surface area (Å²) in [5.41, 5.74) is 0. The molecule has 1 aliphatic rings.